The monoisotopic (exact) mass is 294 g/mol. The maximum Gasteiger partial charge on any atom is 0.124 e. The first-order valence-corrected chi connectivity index (χ1v) is 7.74. The van der Waals surface area contributed by atoms with Crippen molar-refractivity contribution in [2.24, 2.45) is 17.6 Å². The van der Waals surface area contributed by atoms with Crippen LogP contribution in [0.5, 0.6) is 0 Å². The SMILES string of the molecule is CC(C)C1CCCN(c2ccc(F)cc2C(N)=S)CC1. The van der Waals surface area contributed by atoms with E-state index in [1.54, 1.807) is 6.07 Å². The first-order valence-electron chi connectivity index (χ1n) is 7.33. The highest BCUT2D eigenvalue weighted by atomic mass is 32.1. The van der Waals surface area contributed by atoms with Gasteiger partial charge in [-0.1, -0.05) is 26.1 Å². The average molecular weight is 294 g/mol. The van der Waals surface area contributed by atoms with Gasteiger partial charge in [-0.25, -0.2) is 4.39 Å². The molecular formula is C16H23FN2S. The molecule has 0 aliphatic carbocycles. The van der Waals surface area contributed by atoms with Gasteiger partial charge in [-0.2, -0.15) is 0 Å². The molecule has 1 heterocycles. The Bertz CT molecular complexity index is 487. The van der Waals surface area contributed by atoms with Gasteiger partial charge in [-0.3, -0.25) is 0 Å². The lowest BCUT2D eigenvalue weighted by Gasteiger charge is -2.25. The Morgan fingerprint density at radius 1 is 1.35 bits per heavy atom. The average Bonchev–Trinajstić information content (AvgIpc) is 2.64. The number of hydrogen-bond acceptors (Lipinski definition) is 2. The first-order chi connectivity index (χ1) is 9.49. The number of hydrogen-bond donors (Lipinski definition) is 1. The van der Waals surface area contributed by atoms with Crippen LogP contribution < -0.4 is 10.6 Å². The number of halogens is 1. The van der Waals surface area contributed by atoms with Crippen molar-refractivity contribution < 1.29 is 4.39 Å². The second-order valence-electron chi connectivity index (χ2n) is 5.95. The predicted molar refractivity (Wildman–Crippen MR) is 86.7 cm³/mol. The van der Waals surface area contributed by atoms with Gasteiger partial charge in [-0.05, 0) is 49.3 Å². The van der Waals surface area contributed by atoms with Crippen molar-refractivity contribution in [3.63, 3.8) is 0 Å². The van der Waals surface area contributed by atoms with Gasteiger partial charge in [0.25, 0.3) is 0 Å². The Labute approximate surface area is 126 Å². The standard InChI is InChI=1S/C16H23FN2S/c1-11(2)12-4-3-8-19(9-7-12)15-6-5-13(17)10-14(15)16(18)20/h5-6,10-12H,3-4,7-9H2,1-2H3,(H2,18,20). The molecule has 20 heavy (non-hydrogen) atoms. The van der Waals surface area contributed by atoms with Gasteiger partial charge in [0.15, 0.2) is 0 Å². The highest BCUT2D eigenvalue weighted by Crippen LogP contribution is 2.29. The van der Waals surface area contributed by atoms with Crippen molar-refractivity contribution in [1.82, 2.24) is 0 Å². The van der Waals surface area contributed by atoms with Crippen LogP contribution in [0.25, 0.3) is 0 Å². The Balaban J connectivity index is 2.21. The molecule has 2 N–H and O–H groups in total. The fraction of sp³-hybridized carbons (Fsp3) is 0.562. The van der Waals surface area contributed by atoms with Crippen molar-refractivity contribution >= 4 is 22.9 Å². The minimum atomic E-state index is -0.286. The predicted octanol–water partition coefficient (Wildman–Crippen LogP) is 3.72. The lowest BCUT2D eigenvalue weighted by atomic mass is 9.89. The summed E-state index contributed by atoms with van der Waals surface area (Å²) in [6.45, 7) is 6.56. The van der Waals surface area contributed by atoms with Crippen LogP contribution >= 0.6 is 12.2 Å². The number of nitrogens with two attached hydrogens (primary N) is 1. The van der Waals surface area contributed by atoms with Crippen molar-refractivity contribution in [3.05, 3.63) is 29.6 Å². The molecule has 1 aliphatic rings. The van der Waals surface area contributed by atoms with Gasteiger partial charge < -0.3 is 10.6 Å². The molecule has 0 radical (unpaired) electrons. The molecule has 2 rings (SSSR count). The van der Waals surface area contributed by atoms with Crippen molar-refractivity contribution in [3.8, 4) is 0 Å². The molecule has 0 bridgehead atoms. The van der Waals surface area contributed by atoms with Crippen LogP contribution in [-0.4, -0.2) is 18.1 Å². The van der Waals surface area contributed by atoms with E-state index >= 15 is 0 Å². The molecule has 1 aromatic carbocycles. The molecule has 1 aromatic rings. The zero-order chi connectivity index (χ0) is 14.7. The molecular weight excluding hydrogens is 271 g/mol. The second-order valence-corrected chi connectivity index (χ2v) is 6.39. The van der Waals surface area contributed by atoms with E-state index in [2.05, 4.69) is 18.7 Å². The van der Waals surface area contributed by atoms with E-state index in [0.29, 0.717) is 5.56 Å². The van der Waals surface area contributed by atoms with Crippen LogP contribution in [0.1, 0.15) is 38.7 Å². The molecule has 1 fully saturated rings. The Morgan fingerprint density at radius 3 is 2.75 bits per heavy atom. The number of nitrogens with zero attached hydrogens (tertiary/aromatic N) is 1. The highest BCUT2D eigenvalue weighted by Gasteiger charge is 2.21. The van der Waals surface area contributed by atoms with E-state index in [0.717, 1.165) is 37.0 Å². The number of benzene rings is 1. The summed E-state index contributed by atoms with van der Waals surface area (Å²) in [7, 11) is 0. The van der Waals surface area contributed by atoms with Gasteiger partial charge in [0.2, 0.25) is 0 Å². The van der Waals surface area contributed by atoms with Crippen molar-refractivity contribution in [2.75, 3.05) is 18.0 Å². The van der Waals surface area contributed by atoms with E-state index in [-0.39, 0.29) is 10.8 Å². The van der Waals surface area contributed by atoms with E-state index in [1.807, 2.05) is 0 Å². The Morgan fingerprint density at radius 2 is 2.10 bits per heavy atom. The van der Waals surface area contributed by atoms with Crippen molar-refractivity contribution in [1.29, 1.82) is 0 Å². The summed E-state index contributed by atoms with van der Waals surface area (Å²) in [6, 6.07) is 4.74. The topological polar surface area (TPSA) is 29.3 Å². The lowest BCUT2D eigenvalue weighted by molar-refractivity contribution is 0.351. The van der Waals surface area contributed by atoms with Gasteiger partial charge in [-0.15, -0.1) is 0 Å². The molecule has 110 valence electrons. The summed E-state index contributed by atoms with van der Waals surface area (Å²) in [5.41, 5.74) is 7.37. The second kappa shape index (κ2) is 6.53. The van der Waals surface area contributed by atoms with E-state index in [9.17, 15) is 4.39 Å². The summed E-state index contributed by atoms with van der Waals surface area (Å²) >= 11 is 5.06. The molecule has 1 saturated heterocycles. The van der Waals surface area contributed by atoms with Crippen molar-refractivity contribution in [2.45, 2.75) is 33.1 Å². The third-order valence-electron chi connectivity index (χ3n) is 4.28. The zero-order valence-electron chi connectivity index (χ0n) is 12.2. The molecule has 1 aliphatic heterocycles. The number of rotatable bonds is 3. The van der Waals surface area contributed by atoms with E-state index < -0.39 is 0 Å². The van der Waals surface area contributed by atoms with E-state index in [1.165, 1.54) is 25.0 Å². The lowest BCUT2D eigenvalue weighted by Crippen LogP contribution is -2.27. The minimum Gasteiger partial charge on any atom is -0.389 e. The summed E-state index contributed by atoms with van der Waals surface area (Å²) < 4.78 is 13.4. The van der Waals surface area contributed by atoms with Gasteiger partial charge in [0.05, 0.1) is 0 Å². The Hall–Kier alpha value is -1.16. The smallest absolute Gasteiger partial charge is 0.124 e. The summed E-state index contributed by atoms with van der Waals surface area (Å²) in [4.78, 5) is 2.57. The molecule has 0 aromatic heterocycles. The molecule has 1 atom stereocenters. The van der Waals surface area contributed by atoms with Crippen LogP contribution in [0.15, 0.2) is 18.2 Å². The normalized spacial score (nSPS) is 20.0. The first kappa shape index (κ1) is 15.2. The van der Waals surface area contributed by atoms with Crippen LogP contribution in [0.2, 0.25) is 0 Å². The third kappa shape index (κ3) is 3.48. The molecule has 0 saturated carbocycles. The fourth-order valence-electron chi connectivity index (χ4n) is 3.01. The maximum atomic E-state index is 13.4. The highest BCUT2D eigenvalue weighted by molar-refractivity contribution is 7.80. The van der Waals surface area contributed by atoms with Crippen LogP contribution in [0, 0.1) is 17.7 Å². The van der Waals surface area contributed by atoms with Crippen LogP contribution in [0.4, 0.5) is 10.1 Å². The van der Waals surface area contributed by atoms with Gasteiger partial charge >= 0.3 is 0 Å². The third-order valence-corrected chi connectivity index (χ3v) is 4.50. The maximum absolute atomic E-state index is 13.4. The minimum absolute atomic E-state index is 0.268. The van der Waals surface area contributed by atoms with Crippen LogP contribution in [-0.2, 0) is 0 Å². The molecule has 4 heteroatoms. The Kier molecular flexibility index (Phi) is 4.97. The van der Waals surface area contributed by atoms with Crippen LogP contribution in [0.3, 0.4) is 0 Å². The number of anilines is 1. The zero-order valence-corrected chi connectivity index (χ0v) is 13.0. The summed E-state index contributed by atoms with van der Waals surface area (Å²) in [5.74, 6) is 1.21. The molecule has 0 spiro atoms. The van der Waals surface area contributed by atoms with Gasteiger partial charge in [0.1, 0.15) is 10.8 Å². The molecule has 0 amide bonds. The van der Waals surface area contributed by atoms with E-state index in [4.69, 9.17) is 18.0 Å². The molecule has 2 nitrogen and oxygen atoms in total. The fourth-order valence-corrected chi connectivity index (χ4v) is 3.17. The molecule has 1 unspecified atom stereocenters. The van der Waals surface area contributed by atoms with Gasteiger partial charge in [0, 0.05) is 24.3 Å². The number of thiocarbonyl (C=S) groups is 1. The summed E-state index contributed by atoms with van der Waals surface area (Å²) in [6.07, 6.45) is 3.60. The quantitative estimate of drug-likeness (QED) is 0.862. The largest absolute Gasteiger partial charge is 0.389 e. The summed E-state index contributed by atoms with van der Waals surface area (Å²) in [5, 5.41) is 0.